The maximum Gasteiger partial charge on any atom is 0.163 e. The highest BCUT2D eigenvalue weighted by Gasteiger charge is 2.20. The summed E-state index contributed by atoms with van der Waals surface area (Å²) >= 11 is 0. The molecular formula is C24H29N5. The van der Waals surface area contributed by atoms with Crippen LogP contribution in [0.4, 0.5) is 17.3 Å². The van der Waals surface area contributed by atoms with Crippen molar-refractivity contribution in [2.45, 2.75) is 13.8 Å². The van der Waals surface area contributed by atoms with E-state index >= 15 is 0 Å². The molecule has 0 atom stereocenters. The molecule has 0 radical (unpaired) electrons. The monoisotopic (exact) mass is 387 g/mol. The largest absolute Gasteiger partial charge is 0.354 e. The van der Waals surface area contributed by atoms with Gasteiger partial charge in [-0.05, 0) is 38.6 Å². The van der Waals surface area contributed by atoms with E-state index in [0.29, 0.717) is 0 Å². The van der Waals surface area contributed by atoms with E-state index in [1.54, 1.807) is 0 Å². The molecule has 1 aromatic heterocycles. The summed E-state index contributed by atoms with van der Waals surface area (Å²) in [6, 6.07) is 21.0. The zero-order chi connectivity index (χ0) is 20.2. The van der Waals surface area contributed by atoms with E-state index in [-0.39, 0.29) is 0 Å². The highest BCUT2D eigenvalue weighted by molar-refractivity contribution is 5.67. The summed E-state index contributed by atoms with van der Waals surface area (Å²) < 4.78 is 0. The number of piperazine rings is 1. The molecule has 5 nitrogen and oxygen atoms in total. The molecule has 150 valence electrons. The number of hydrogen-bond donors (Lipinski definition) is 0. The van der Waals surface area contributed by atoms with Gasteiger partial charge in [0.05, 0.1) is 0 Å². The molecule has 1 saturated heterocycles. The van der Waals surface area contributed by atoms with Crippen LogP contribution in [0.1, 0.15) is 12.5 Å². The molecule has 3 aromatic rings. The number of aromatic nitrogens is 2. The SMILES string of the molecule is CCN(c1cccc(C)c1)c1cc(N2CCN(C)CC2)nc(-c2ccccc2)n1. The van der Waals surface area contributed by atoms with Gasteiger partial charge in [-0.1, -0.05) is 42.5 Å². The first-order valence-corrected chi connectivity index (χ1v) is 10.4. The third-order valence-electron chi connectivity index (χ3n) is 5.46. The molecule has 29 heavy (non-hydrogen) atoms. The van der Waals surface area contributed by atoms with Gasteiger partial charge < -0.3 is 14.7 Å². The van der Waals surface area contributed by atoms with Gasteiger partial charge in [0.15, 0.2) is 5.82 Å². The van der Waals surface area contributed by atoms with E-state index in [0.717, 1.165) is 61.4 Å². The lowest BCUT2D eigenvalue weighted by molar-refractivity contribution is 0.312. The van der Waals surface area contributed by atoms with Gasteiger partial charge in [0.1, 0.15) is 11.6 Å². The smallest absolute Gasteiger partial charge is 0.163 e. The molecular weight excluding hydrogens is 358 g/mol. The van der Waals surface area contributed by atoms with E-state index in [2.05, 4.69) is 78.1 Å². The molecule has 2 heterocycles. The van der Waals surface area contributed by atoms with Gasteiger partial charge >= 0.3 is 0 Å². The summed E-state index contributed by atoms with van der Waals surface area (Å²) in [5.74, 6) is 2.73. The summed E-state index contributed by atoms with van der Waals surface area (Å²) in [7, 11) is 2.18. The normalized spacial score (nSPS) is 14.8. The fraction of sp³-hybridized carbons (Fsp3) is 0.333. The second-order valence-corrected chi connectivity index (χ2v) is 7.65. The van der Waals surface area contributed by atoms with Crippen LogP contribution < -0.4 is 9.80 Å². The number of hydrogen-bond acceptors (Lipinski definition) is 5. The van der Waals surface area contributed by atoms with E-state index < -0.39 is 0 Å². The highest BCUT2D eigenvalue weighted by Crippen LogP contribution is 2.30. The van der Waals surface area contributed by atoms with Crippen molar-refractivity contribution in [1.29, 1.82) is 0 Å². The Bertz CT molecular complexity index is 948. The van der Waals surface area contributed by atoms with Crippen LogP contribution in [0.25, 0.3) is 11.4 Å². The van der Waals surface area contributed by atoms with Crippen molar-refractivity contribution in [3.05, 3.63) is 66.2 Å². The van der Waals surface area contributed by atoms with Crippen LogP contribution in [0.3, 0.4) is 0 Å². The van der Waals surface area contributed by atoms with Crippen LogP contribution in [0.5, 0.6) is 0 Å². The van der Waals surface area contributed by atoms with Crippen LogP contribution in [-0.2, 0) is 0 Å². The fourth-order valence-electron chi connectivity index (χ4n) is 3.75. The van der Waals surface area contributed by atoms with Crippen LogP contribution in [0.2, 0.25) is 0 Å². The van der Waals surface area contributed by atoms with Gasteiger partial charge in [-0.25, -0.2) is 9.97 Å². The minimum Gasteiger partial charge on any atom is -0.354 e. The quantitative estimate of drug-likeness (QED) is 0.650. The van der Waals surface area contributed by atoms with E-state index in [1.807, 2.05) is 18.2 Å². The van der Waals surface area contributed by atoms with Crippen molar-refractivity contribution in [2.24, 2.45) is 0 Å². The molecule has 0 spiro atoms. The van der Waals surface area contributed by atoms with Crippen LogP contribution in [0.15, 0.2) is 60.7 Å². The third-order valence-corrected chi connectivity index (χ3v) is 5.46. The first-order valence-electron chi connectivity index (χ1n) is 10.4. The first kappa shape index (κ1) is 19.4. The van der Waals surface area contributed by atoms with Gasteiger partial charge in [-0.15, -0.1) is 0 Å². The van der Waals surface area contributed by atoms with Crippen molar-refractivity contribution in [3.8, 4) is 11.4 Å². The summed E-state index contributed by atoms with van der Waals surface area (Å²) in [4.78, 5) is 16.9. The Kier molecular flexibility index (Phi) is 5.76. The molecule has 0 amide bonds. The molecule has 4 rings (SSSR count). The van der Waals surface area contributed by atoms with E-state index in [1.165, 1.54) is 5.56 Å². The summed E-state index contributed by atoms with van der Waals surface area (Å²) in [5, 5.41) is 0. The minimum absolute atomic E-state index is 0.781. The number of rotatable bonds is 5. The van der Waals surface area contributed by atoms with E-state index in [4.69, 9.17) is 9.97 Å². The highest BCUT2D eigenvalue weighted by atomic mass is 15.3. The second-order valence-electron chi connectivity index (χ2n) is 7.65. The maximum atomic E-state index is 4.97. The molecule has 0 N–H and O–H groups in total. The van der Waals surface area contributed by atoms with Crippen molar-refractivity contribution in [1.82, 2.24) is 14.9 Å². The average Bonchev–Trinajstić information content (AvgIpc) is 2.75. The number of benzene rings is 2. The zero-order valence-electron chi connectivity index (χ0n) is 17.5. The van der Waals surface area contributed by atoms with Gasteiger partial charge in [0.25, 0.3) is 0 Å². The lowest BCUT2D eigenvalue weighted by atomic mass is 10.2. The Morgan fingerprint density at radius 3 is 2.34 bits per heavy atom. The van der Waals surface area contributed by atoms with Crippen molar-refractivity contribution < 1.29 is 0 Å². The molecule has 5 heteroatoms. The molecule has 1 fully saturated rings. The lowest BCUT2D eigenvalue weighted by Gasteiger charge is -2.34. The molecule has 0 bridgehead atoms. The van der Waals surface area contributed by atoms with Crippen LogP contribution >= 0.6 is 0 Å². The number of nitrogens with zero attached hydrogens (tertiary/aromatic N) is 5. The lowest BCUT2D eigenvalue weighted by Crippen LogP contribution is -2.45. The Morgan fingerprint density at radius 2 is 1.66 bits per heavy atom. The van der Waals surface area contributed by atoms with Gasteiger partial charge in [0, 0.05) is 50.0 Å². The minimum atomic E-state index is 0.781. The van der Waals surface area contributed by atoms with Crippen molar-refractivity contribution in [3.63, 3.8) is 0 Å². The Labute approximate surface area is 173 Å². The Hall–Kier alpha value is -2.92. The van der Waals surface area contributed by atoms with E-state index in [9.17, 15) is 0 Å². The van der Waals surface area contributed by atoms with Gasteiger partial charge in [-0.2, -0.15) is 0 Å². The molecule has 1 aliphatic rings. The van der Waals surface area contributed by atoms with Gasteiger partial charge in [0.2, 0.25) is 0 Å². The summed E-state index contributed by atoms with van der Waals surface area (Å²) in [6.45, 7) is 9.21. The maximum absolute atomic E-state index is 4.97. The summed E-state index contributed by atoms with van der Waals surface area (Å²) in [6.07, 6.45) is 0. The topological polar surface area (TPSA) is 35.5 Å². The average molecular weight is 388 g/mol. The predicted molar refractivity (Wildman–Crippen MR) is 121 cm³/mol. The standard InChI is InChI=1S/C24H29N5/c1-4-29(21-12-8-9-19(2)17-21)23-18-22(28-15-13-27(3)14-16-28)25-24(26-23)20-10-6-5-7-11-20/h5-12,17-18H,4,13-16H2,1-3H3. The zero-order valence-corrected chi connectivity index (χ0v) is 17.5. The van der Waals surface area contributed by atoms with Crippen LogP contribution in [-0.4, -0.2) is 54.6 Å². The molecule has 2 aromatic carbocycles. The molecule has 0 unspecified atom stereocenters. The fourth-order valence-corrected chi connectivity index (χ4v) is 3.75. The molecule has 0 aliphatic carbocycles. The Morgan fingerprint density at radius 1 is 0.897 bits per heavy atom. The number of anilines is 3. The van der Waals surface area contributed by atoms with Crippen LogP contribution in [0, 0.1) is 6.92 Å². The first-order chi connectivity index (χ1) is 14.1. The predicted octanol–water partition coefficient (Wildman–Crippen LogP) is 4.36. The van der Waals surface area contributed by atoms with Crippen molar-refractivity contribution >= 4 is 17.3 Å². The summed E-state index contributed by atoms with van der Waals surface area (Å²) in [5.41, 5.74) is 3.46. The number of aryl methyl sites for hydroxylation is 1. The second kappa shape index (κ2) is 8.62. The number of likely N-dealkylation sites (N-methyl/N-ethyl adjacent to an activating group) is 1. The third kappa shape index (κ3) is 4.40. The van der Waals surface area contributed by atoms with Gasteiger partial charge in [-0.3, -0.25) is 0 Å². The molecule has 1 aliphatic heterocycles. The Balaban J connectivity index is 1.78. The molecule has 0 saturated carbocycles. The van der Waals surface area contributed by atoms with Crippen molar-refractivity contribution in [2.75, 3.05) is 49.6 Å².